The van der Waals surface area contributed by atoms with Crippen molar-refractivity contribution in [3.63, 3.8) is 0 Å². The topological polar surface area (TPSA) is 96.0 Å². The van der Waals surface area contributed by atoms with E-state index in [2.05, 4.69) is 5.32 Å². The quantitative estimate of drug-likeness (QED) is 0.359. The molecule has 0 saturated heterocycles. The summed E-state index contributed by atoms with van der Waals surface area (Å²) in [5.74, 6) is -0.308. The van der Waals surface area contributed by atoms with Gasteiger partial charge < -0.3 is 15.0 Å². The van der Waals surface area contributed by atoms with Crippen molar-refractivity contribution in [2.75, 3.05) is 23.7 Å². The standard InChI is InChI=1S/C28H32ClN3O5S/c1-4-30-28(34)21(2)31(18-23-11-8-12-24(29)17-23)27(33)19-32(38(3,35)36)25-13-15-26(16-14-25)37-20-22-9-6-5-7-10-22/h5-17,21H,4,18-20H2,1-3H3,(H,30,34)/t21-/m0/s1. The van der Waals surface area contributed by atoms with Gasteiger partial charge in [0, 0.05) is 18.1 Å². The first-order valence-electron chi connectivity index (χ1n) is 12.1. The van der Waals surface area contributed by atoms with Gasteiger partial charge in [0.25, 0.3) is 0 Å². The highest BCUT2D eigenvalue weighted by Gasteiger charge is 2.30. The molecule has 0 spiro atoms. The Morgan fingerprint density at radius 3 is 2.24 bits per heavy atom. The third-order valence-electron chi connectivity index (χ3n) is 5.81. The van der Waals surface area contributed by atoms with Crippen LogP contribution in [-0.2, 0) is 32.8 Å². The summed E-state index contributed by atoms with van der Waals surface area (Å²) in [4.78, 5) is 27.5. The van der Waals surface area contributed by atoms with Crippen LogP contribution in [0.15, 0.2) is 78.9 Å². The van der Waals surface area contributed by atoms with Crippen LogP contribution in [0.1, 0.15) is 25.0 Å². The summed E-state index contributed by atoms with van der Waals surface area (Å²) in [7, 11) is -3.83. The minimum Gasteiger partial charge on any atom is -0.489 e. The number of rotatable bonds is 12. The number of hydrogen-bond donors (Lipinski definition) is 1. The number of amides is 2. The van der Waals surface area contributed by atoms with Gasteiger partial charge >= 0.3 is 0 Å². The maximum Gasteiger partial charge on any atom is 0.244 e. The lowest BCUT2D eigenvalue weighted by atomic mass is 10.1. The summed E-state index contributed by atoms with van der Waals surface area (Å²) in [6.45, 7) is 3.76. The molecule has 0 saturated carbocycles. The van der Waals surface area contributed by atoms with E-state index in [1.54, 1.807) is 62.4 Å². The molecule has 3 rings (SSSR count). The van der Waals surface area contributed by atoms with Gasteiger partial charge in [0.2, 0.25) is 21.8 Å². The summed E-state index contributed by atoms with van der Waals surface area (Å²) in [6.07, 6.45) is 1.04. The molecule has 0 unspecified atom stereocenters. The number of nitrogens with one attached hydrogen (secondary N) is 1. The number of carbonyl (C=O) groups excluding carboxylic acids is 2. The average molecular weight is 558 g/mol. The lowest BCUT2D eigenvalue weighted by Gasteiger charge is -2.31. The van der Waals surface area contributed by atoms with E-state index in [0.717, 1.165) is 16.1 Å². The Bertz CT molecular complexity index is 1330. The van der Waals surface area contributed by atoms with Crippen molar-refractivity contribution < 1.29 is 22.7 Å². The van der Waals surface area contributed by atoms with Crippen molar-refractivity contribution in [1.82, 2.24) is 10.2 Å². The highest BCUT2D eigenvalue weighted by molar-refractivity contribution is 7.92. The van der Waals surface area contributed by atoms with E-state index in [4.69, 9.17) is 16.3 Å². The van der Waals surface area contributed by atoms with Crippen LogP contribution in [0.25, 0.3) is 0 Å². The van der Waals surface area contributed by atoms with Crippen LogP contribution in [0.2, 0.25) is 5.02 Å². The molecule has 2 amide bonds. The highest BCUT2D eigenvalue weighted by Crippen LogP contribution is 2.23. The van der Waals surface area contributed by atoms with E-state index in [0.29, 0.717) is 35.2 Å². The molecule has 202 valence electrons. The van der Waals surface area contributed by atoms with Gasteiger partial charge in [-0.05, 0) is 61.4 Å². The van der Waals surface area contributed by atoms with Gasteiger partial charge in [-0.3, -0.25) is 13.9 Å². The number of ether oxygens (including phenoxy) is 1. The van der Waals surface area contributed by atoms with Gasteiger partial charge in [-0.2, -0.15) is 0 Å². The third kappa shape index (κ3) is 8.22. The Labute approximate surface area is 229 Å². The van der Waals surface area contributed by atoms with Crippen LogP contribution in [0, 0.1) is 0 Å². The number of likely N-dealkylation sites (N-methyl/N-ethyl adjacent to an activating group) is 1. The normalized spacial score (nSPS) is 11.9. The fourth-order valence-electron chi connectivity index (χ4n) is 3.80. The molecule has 0 aliphatic rings. The number of nitrogens with zero attached hydrogens (tertiary/aromatic N) is 2. The van der Waals surface area contributed by atoms with E-state index in [9.17, 15) is 18.0 Å². The molecule has 3 aromatic rings. The van der Waals surface area contributed by atoms with Crippen molar-refractivity contribution in [1.29, 1.82) is 0 Å². The number of benzene rings is 3. The Kier molecular flexibility index (Phi) is 10.2. The minimum atomic E-state index is -3.83. The van der Waals surface area contributed by atoms with Gasteiger partial charge in [0.15, 0.2) is 0 Å². The first kappa shape index (κ1) is 29.0. The fourth-order valence-corrected chi connectivity index (χ4v) is 4.86. The first-order chi connectivity index (χ1) is 18.1. The molecule has 1 N–H and O–H groups in total. The molecule has 0 aliphatic carbocycles. The molecule has 0 aromatic heterocycles. The van der Waals surface area contributed by atoms with E-state index < -0.39 is 28.5 Å². The predicted molar refractivity (Wildman–Crippen MR) is 150 cm³/mol. The van der Waals surface area contributed by atoms with Gasteiger partial charge in [0.1, 0.15) is 24.9 Å². The molecular weight excluding hydrogens is 526 g/mol. The Morgan fingerprint density at radius 2 is 1.63 bits per heavy atom. The van der Waals surface area contributed by atoms with Gasteiger partial charge in [-0.15, -0.1) is 0 Å². The van der Waals surface area contributed by atoms with Crippen LogP contribution in [0.3, 0.4) is 0 Å². The molecule has 10 heteroatoms. The largest absolute Gasteiger partial charge is 0.489 e. The molecule has 38 heavy (non-hydrogen) atoms. The first-order valence-corrected chi connectivity index (χ1v) is 14.4. The molecular formula is C28H32ClN3O5S. The average Bonchev–Trinajstić information content (AvgIpc) is 2.89. The van der Waals surface area contributed by atoms with Crippen LogP contribution in [0.5, 0.6) is 5.75 Å². The van der Waals surface area contributed by atoms with Crippen molar-refractivity contribution in [3.8, 4) is 5.75 Å². The summed E-state index contributed by atoms with van der Waals surface area (Å²) in [6, 6.07) is 22.3. The summed E-state index contributed by atoms with van der Waals surface area (Å²) in [5.41, 5.74) is 2.02. The lowest BCUT2D eigenvalue weighted by Crippen LogP contribution is -2.51. The SMILES string of the molecule is CCNC(=O)[C@H](C)N(Cc1cccc(Cl)c1)C(=O)CN(c1ccc(OCc2ccccc2)cc1)S(C)(=O)=O. The smallest absolute Gasteiger partial charge is 0.244 e. The fraction of sp³-hybridized carbons (Fsp3) is 0.286. The second-order valence-corrected chi connectivity index (χ2v) is 11.1. The van der Waals surface area contributed by atoms with Gasteiger partial charge in [-0.1, -0.05) is 54.1 Å². The number of halogens is 1. The molecule has 0 heterocycles. The van der Waals surface area contributed by atoms with E-state index >= 15 is 0 Å². The lowest BCUT2D eigenvalue weighted by molar-refractivity contribution is -0.139. The molecule has 0 bridgehead atoms. The van der Waals surface area contributed by atoms with Gasteiger partial charge in [0.05, 0.1) is 11.9 Å². The van der Waals surface area contributed by atoms with E-state index in [1.165, 1.54) is 4.90 Å². The zero-order chi connectivity index (χ0) is 27.7. The Balaban J connectivity index is 1.81. The van der Waals surface area contributed by atoms with Crippen LogP contribution >= 0.6 is 11.6 Å². The number of hydrogen-bond acceptors (Lipinski definition) is 5. The second-order valence-electron chi connectivity index (χ2n) is 8.76. The molecule has 0 fully saturated rings. The van der Waals surface area contributed by atoms with Crippen molar-refractivity contribution in [3.05, 3.63) is 95.0 Å². The van der Waals surface area contributed by atoms with Crippen molar-refractivity contribution in [2.45, 2.75) is 33.0 Å². The van der Waals surface area contributed by atoms with E-state index in [-0.39, 0.29) is 12.5 Å². The minimum absolute atomic E-state index is 0.0849. The molecule has 0 aliphatic heterocycles. The number of anilines is 1. The maximum atomic E-state index is 13.5. The molecule has 8 nitrogen and oxygen atoms in total. The van der Waals surface area contributed by atoms with Gasteiger partial charge in [-0.25, -0.2) is 8.42 Å². The number of sulfonamides is 1. The second kappa shape index (κ2) is 13.3. The number of carbonyl (C=O) groups is 2. The Morgan fingerprint density at radius 1 is 0.974 bits per heavy atom. The van der Waals surface area contributed by atoms with Crippen molar-refractivity contribution in [2.24, 2.45) is 0 Å². The van der Waals surface area contributed by atoms with Crippen LogP contribution < -0.4 is 14.4 Å². The highest BCUT2D eigenvalue weighted by atomic mass is 35.5. The maximum absolute atomic E-state index is 13.5. The molecule has 3 aromatic carbocycles. The Hall–Kier alpha value is -3.56. The molecule has 1 atom stereocenters. The monoisotopic (exact) mass is 557 g/mol. The predicted octanol–water partition coefficient (Wildman–Crippen LogP) is 4.24. The third-order valence-corrected chi connectivity index (χ3v) is 7.19. The van der Waals surface area contributed by atoms with Crippen LogP contribution in [0.4, 0.5) is 5.69 Å². The molecule has 0 radical (unpaired) electrons. The summed E-state index contributed by atoms with van der Waals surface area (Å²) >= 11 is 6.11. The zero-order valence-corrected chi connectivity index (χ0v) is 23.2. The van der Waals surface area contributed by atoms with E-state index in [1.807, 2.05) is 30.3 Å². The zero-order valence-electron chi connectivity index (χ0n) is 21.6. The summed E-state index contributed by atoms with van der Waals surface area (Å²) in [5, 5.41) is 3.21. The van der Waals surface area contributed by atoms with Crippen molar-refractivity contribution >= 4 is 39.1 Å². The van der Waals surface area contributed by atoms with Crippen LogP contribution in [-0.4, -0.2) is 50.5 Å². The summed E-state index contributed by atoms with van der Waals surface area (Å²) < 4.78 is 32.3.